The minimum atomic E-state index is -0.988. The van der Waals surface area contributed by atoms with Gasteiger partial charge in [0.15, 0.2) is 0 Å². The van der Waals surface area contributed by atoms with Crippen LogP contribution in [-0.4, -0.2) is 33.6 Å². The van der Waals surface area contributed by atoms with Crippen molar-refractivity contribution in [1.82, 2.24) is 4.90 Å². The highest BCUT2D eigenvalue weighted by atomic mass is 16.6. The van der Waals surface area contributed by atoms with Crippen LogP contribution in [0.5, 0.6) is 0 Å². The van der Waals surface area contributed by atoms with Crippen LogP contribution >= 0.6 is 0 Å². The van der Waals surface area contributed by atoms with Gasteiger partial charge in [0.25, 0.3) is 5.69 Å². The third-order valence-corrected chi connectivity index (χ3v) is 4.55. The van der Waals surface area contributed by atoms with Crippen LogP contribution in [0, 0.1) is 10.1 Å². The molecular weight excluding hydrogens is 362 g/mol. The van der Waals surface area contributed by atoms with Crippen molar-refractivity contribution >= 4 is 29.1 Å². The molecule has 3 rings (SSSR count). The van der Waals surface area contributed by atoms with Crippen LogP contribution in [0.3, 0.4) is 0 Å². The molecule has 0 spiro atoms. The number of benzene rings is 2. The number of nitrogens with zero attached hydrogens (tertiary/aromatic N) is 2. The lowest BCUT2D eigenvalue weighted by Gasteiger charge is -2.32. The van der Waals surface area contributed by atoms with Crippen molar-refractivity contribution in [3.8, 4) is 0 Å². The molecule has 2 aromatic rings. The Labute approximate surface area is 161 Å². The van der Waals surface area contributed by atoms with Crippen molar-refractivity contribution in [1.29, 1.82) is 0 Å². The molecule has 144 valence electrons. The maximum Gasteiger partial charge on any atom is 0.269 e. The quantitative estimate of drug-likeness (QED) is 0.470. The smallest absolute Gasteiger partial charge is 0.269 e. The van der Waals surface area contributed by atoms with Gasteiger partial charge in [-0.3, -0.25) is 29.4 Å². The lowest BCUT2D eigenvalue weighted by atomic mass is 10.00. The van der Waals surface area contributed by atoms with Crippen LogP contribution in [0.2, 0.25) is 0 Å². The molecule has 1 fully saturated rings. The number of non-ortho nitro benzene ring substituents is 1. The normalized spacial score (nSPS) is 15.2. The number of nitrogens with one attached hydrogen (secondary N) is 1. The zero-order chi connectivity index (χ0) is 20.1. The average Bonchev–Trinajstić information content (AvgIpc) is 2.68. The molecule has 28 heavy (non-hydrogen) atoms. The van der Waals surface area contributed by atoms with E-state index in [0.717, 1.165) is 10.5 Å². The summed E-state index contributed by atoms with van der Waals surface area (Å²) in [5.41, 5.74) is 1.07. The van der Waals surface area contributed by atoms with Gasteiger partial charge in [0, 0.05) is 37.1 Å². The van der Waals surface area contributed by atoms with Gasteiger partial charge in [-0.2, -0.15) is 0 Å². The molecule has 1 aliphatic rings. The number of rotatable bonds is 6. The molecule has 2 aromatic carbocycles. The van der Waals surface area contributed by atoms with E-state index in [1.807, 2.05) is 30.3 Å². The number of imide groups is 1. The van der Waals surface area contributed by atoms with Crippen LogP contribution in [0.25, 0.3) is 0 Å². The fraction of sp³-hybridized carbons (Fsp3) is 0.250. The number of amides is 3. The maximum absolute atomic E-state index is 12.9. The molecule has 0 radical (unpaired) electrons. The van der Waals surface area contributed by atoms with Crippen LogP contribution in [0.15, 0.2) is 54.6 Å². The second-order valence-electron chi connectivity index (χ2n) is 6.51. The van der Waals surface area contributed by atoms with Gasteiger partial charge in [-0.15, -0.1) is 0 Å². The van der Waals surface area contributed by atoms with E-state index in [1.165, 1.54) is 24.3 Å². The lowest BCUT2D eigenvalue weighted by molar-refractivity contribution is -0.384. The Bertz CT molecular complexity index is 880. The Morgan fingerprint density at radius 2 is 1.64 bits per heavy atom. The number of hydrogen-bond donors (Lipinski definition) is 1. The minimum absolute atomic E-state index is 0.0970. The SMILES string of the molecule is O=C(Nc1ccc([N+](=O)[O-])cc1)[C@H](Cc1ccccc1)N1C(=O)CCCC1=O. The summed E-state index contributed by atoms with van der Waals surface area (Å²) < 4.78 is 0. The monoisotopic (exact) mass is 381 g/mol. The Balaban J connectivity index is 1.84. The van der Waals surface area contributed by atoms with Gasteiger partial charge in [-0.1, -0.05) is 30.3 Å². The molecular formula is C20H19N3O5. The highest BCUT2D eigenvalue weighted by Gasteiger charge is 2.36. The van der Waals surface area contributed by atoms with Gasteiger partial charge in [0.2, 0.25) is 17.7 Å². The Morgan fingerprint density at radius 3 is 2.21 bits per heavy atom. The van der Waals surface area contributed by atoms with Gasteiger partial charge in [0.1, 0.15) is 6.04 Å². The number of nitro groups is 1. The van der Waals surface area contributed by atoms with E-state index in [4.69, 9.17) is 0 Å². The fourth-order valence-corrected chi connectivity index (χ4v) is 3.15. The van der Waals surface area contributed by atoms with Gasteiger partial charge < -0.3 is 5.32 Å². The van der Waals surface area contributed by atoms with E-state index in [1.54, 1.807) is 0 Å². The van der Waals surface area contributed by atoms with Gasteiger partial charge in [-0.05, 0) is 24.1 Å². The predicted molar refractivity (Wildman–Crippen MR) is 101 cm³/mol. The summed E-state index contributed by atoms with van der Waals surface area (Å²) in [6, 6.07) is 13.5. The molecule has 0 bridgehead atoms. The molecule has 8 nitrogen and oxygen atoms in total. The number of carbonyl (C=O) groups excluding carboxylic acids is 3. The molecule has 1 heterocycles. The molecule has 0 aromatic heterocycles. The zero-order valence-electron chi connectivity index (χ0n) is 15.0. The molecule has 3 amide bonds. The van der Waals surface area contributed by atoms with Crippen molar-refractivity contribution in [3.05, 3.63) is 70.3 Å². The molecule has 1 aliphatic heterocycles. The van der Waals surface area contributed by atoms with E-state index < -0.39 is 16.9 Å². The first-order chi connectivity index (χ1) is 13.5. The first-order valence-corrected chi connectivity index (χ1v) is 8.90. The van der Waals surface area contributed by atoms with Crippen LogP contribution < -0.4 is 5.32 Å². The highest BCUT2D eigenvalue weighted by Crippen LogP contribution is 2.21. The Kier molecular flexibility index (Phi) is 5.78. The standard InChI is InChI=1S/C20H19N3O5/c24-18-7-4-8-19(25)22(18)17(13-14-5-2-1-3-6-14)20(26)21-15-9-11-16(12-10-15)23(27)28/h1-3,5-6,9-12,17H,4,7-8,13H2,(H,21,26)/t17-/m0/s1. The van der Waals surface area contributed by atoms with Crippen molar-refractivity contribution in [2.45, 2.75) is 31.7 Å². The van der Waals surface area contributed by atoms with E-state index in [2.05, 4.69) is 5.32 Å². The predicted octanol–water partition coefficient (Wildman–Crippen LogP) is 2.68. The van der Waals surface area contributed by atoms with Crippen LogP contribution in [0.4, 0.5) is 11.4 Å². The lowest BCUT2D eigenvalue weighted by Crippen LogP contribution is -2.53. The zero-order valence-corrected chi connectivity index (χ0v) is 15.0. The van der Waals surface area contributed by atoms with Crippen molar-refractivity contribution in [3.63, 3.8) is 0 Å². The van der Waals surface area contributed by atoms with Crippen LogP contribution in [-0.2, 0) is 20.8 Å². The summed E-state index contributed by atoms with van der Waals surface area (Å²) in [4.78, 5) is 48.9. The van der Waals surface area contributed by atoms with Crippen LogP contribution in [0.1, 0.15) is 24.8 Å². The number of likely N-dealkylation sites (tertiary alicyclic amines) is 1. The third-order valence-electron chi connectivity index (χ3n) is 4.55. The summed E-state index contributed by atoms with van der Waals surface area (Å²) >= 11 is 0. The van der Waals surface area contributed by atoms with E-state index in [9.17, 15) is 24.5 Å². The highest BCUT2D eigenvalue weighted by molar-refractivity contribution is 6.05. The average molecular weight is 381 g/mol. The summed E-state index contributed by atoms with van der Waals surface area (Å²) in [5, 5.41) is 13.4. The number of anilines is 1. The Morgan fingerprint density at radius 1 is 1.04 bits per heavy atom. The third kappa shape index (κ3) is 4.40. The maximum atomic E-state index is 12.9. The topological polar surface area (TPSA) is 110 Å². The van der Waals surface area contributed by atoms with Gasteiger partial charge >= 0.3 is 0 Å². The number of carbonyl (C=O) groups is 3. The molecule has 1 atom stereocenters. The fourth-order valence-electron chi connectivity index (χ4n) is 3.15. The second-order valence-corrected chi connectivity index (χ2v) is 6.51. The molecule has 8 heteroatoms. The van der Waals surface area contributed by atoms with E-state index in [0.29, 0.717) is 12.1 Å². The summed E-state index contributed by atoms with van der Waals surface area (Å²) in [6.45, 7) is 0. The summed E-state index contributed by atoms with van der Waals surface area (Å²) in [7, 11) is 0. The molecule has 0 aliphatic carbocycles. The van der Waals surface area contributed by atoms with Gasteiger partial charge in [0.05, 0.1) is 4.92 Å². The first kappa shape index (κ1) is 19.2. The Hall–Kier alpha value is -3.55. The molecule has 1 saturated heterocycles. The minimum Gasteiger partial charge on any atom is -0.324 e. The van der Waals surface area contributed by atoms with Crippen molar-refractivity contribution < 1.29 is 19.3 Å². The summed E-state index contributed by atoms with van der Waals surface area (Å²) in [5.74, 6) is -1.24. The second kappa shape index (κ2) is 8.43. The molecule has 0 unspecified atom stereocenters. The number of nitro benzene ring substituents is 1. The largest absolute Gasteiger partial charge is 0.324 e. The first-order valence-electron chi connectivity index (χ1n) is 8.90. The molecule has 0 saturated carbocycles. The summed E-state index contributed by atoms with van der Waals surface area (Å²) in [6.07, 6.45) is 1.12. The van der Waals surface area contributed by atoms with Crippen molar-refractivity contribution in [2.75, 3.05) is 5.32 Å². The van der Waals surface area contributed by atoms with E-state index in [-0.39, 0.29) is 36.8 Å². The number of piperidine rings is 1. The molecule has 1 N–H and O–H groups in total. The number of hydrogen-bond acceptors (Lipinski definition) is 5. The van der Waals surface area contributed by atoms with Crippen molar-refractivity contribution in [2.24, 2.45) is 0 Å². The van der Waals surface area contributed by atoms with Gasteiger partial charge in [-0.25, -0.2) is 0 Å². The van der Waals surface area contributed by atoms with E-state index >= 15 is 0 Å².